The number of carbonyl (C=O) groups is 2. The number of halogens is 5. The summed E-state index contributed by atoms with van der Waals surface area (Å²) in [5.41, 5.74) is -0.661. The molecule has 2 aliphatic rings. The summed E-state index contributed by atoms with van der Waals surface area (Å²) >= 11 is 7.03. The molecule has 1 N–H and O–H groups in total. The van der Waals surface area contributed by atoms with E-state index in [1.165, 1.54) is 24.3 Å². The Balaban J connectivity index is 1.49. The molecule has 0 spiro atoms. The predicted octanol–water partition coefficient (Wildman–Crippen LogP) is 5.62. The summed E-state index contributed by atoms with van der Waals surface area (Å²) < 4.78 is 52.0. The van der Waals surface area contributed by atoms with Gasteiger partial charge in [0.2, 0.25) is 11.8 Å². The van der Waals surface area contributed by atoms with E-state index in [2.05, 4.69) is 10.3 Å². The third-order valence-electron chi connectivity index (χ3n) is 4.87. The quantitative estimate of drug-likeness (QED) is 0.559. The molecular weight excluding hydrogens is 470 g/mol. The fourth-order valence-electron chi connectivity index (χ4n) is 3.15. The first kappa shape index (κ1) is 22.6. The number of anilines is 1. The predicted molar refractivity (Wildman–Crippen MR) is 114 cm³/mol. The summed E-state index contributed by atoms with van der Waals surface area (Å²) in [5, 5.41) is 1.96. The zero-order valence-corrected chi connectivity index (χ0v) is 17.9. The number of carbonyl (C=O) groups excluding carboxylic acids is 2. The van der Waals surface area contributed by atoms with Crippen LogP contribution in [0.25, 0.3) is 0 Å². The molecule has 1 saturated carbocycles. The summed E-state index contributed by atoms with van der Waals surface area (Å²) in [4.78, 5) is 31.4. The standard InChI is InChI=1S/C21H16ClF4N3O2S/c22-15-8-1-11(21(24,25)26)9-16(15)28-18(30)10-17-19(31)29(14-6-7-14)20(32-17)27-13-4-2-12(23)3-5-13/h1-5,8-9,14,17H,6-7,10H2,(H,28,30). The number of aliphatic imine (C=N–C) groups is 1. The maximum absolute atomic E-state index is 13.1. The maximum Gasteiger partial charge on any atom is 0.416 e. The Hall–Kier alpha value is -2.59. The van der Waals surface area contributed by atoms with Crippen molar-refractivity contribution in [1.29, 1.82) is 0 Å². The number of nitrogens with one attached hydrogen (secondary N) is 1. The molecular formula is C21H16ClF4N3O2S. The van der Waals surface area contributed by atoms with Crippen LogP contribution in [0.1, 0.15) is 24.8 Å². The molecule has 168 valence electrons. The normalized spacial score (nSPS) is 20.2. The number of amidine groups is 1. The molecule has 1 heterocycles. The molecule has 1 saturated heterocycles. The second kappa shape index (κ2) is 8.74. The lowest BCUT2D eigenvalue weighted by molar-refractivity contribution is -0.137. The first-order chi connectivity index (χ1) is 15.1. The van der Waals surface area contributed by atoms with Crippen LogP contribution in [0.15, 0.2) is 47.5 Å². The van der Waals surface area contributed by atoms with Crippen molar-refractivity contribution in [2.45, 2.75) is 36.7 Å². The van der Waals surface area contributed by atoms with Crippen molar-refractivity contribution in [3.05, 3.63) is 58.9 Å². The van der Waals surface area contributed by atoms with E-state index in [1.807, 2.05) is 0 Å². The average molecular weight is 486 g/mol. The molecule has 0 bridgehead atoms. The Morgan fingerprint density at radius 1 is 1.19 bits per heavy atom. The van der Waals surface area contributed by atoms with E-state index in [1.54, 1.807) is 4.90 Å². The van der Waals surface area contributed by atoms with Crippen molar-refractivity contribution >= 4 is 51.7 Å². The molecule has 5 nitrogen and oxygen atoms in total. The zero-order chi connectivity index (χ0) is 23.0. The van der Waals surface area contributed by atoms with Gasteiger partial charge in [-0.05, 0) is 55.3 Å². The van der Waals surface area contributed by atoms with E-state index in [0.717, 1.165) is 42.8 Å². The highest BCUT2D eigenvalue weighted by Gasteiger charge is 2.46. The van der Waals surface area contributed by atoms with Gasteiger partial charge in [0.15, 0.2) is 5.17 Å². The topological polar surface area (TPSA) is 61.8 Å². The number of alkyl halides is 3. The van der Waals surface area contributed by atoms with Crippen LogP contribution in [0.5, 0.6) is 0 Å². The summed E-state index contributed by atoms with van der Waals surface area (Å²) in [5.74, 6) is -1.34. The third kappa shape index (κ3) is 5.07. The molecule has 2 amide bonds. The van der Waals surface area contributed by atoms with Crippen molar-refractivity contribution in [2.75, 3.05) is 5.32 Å². The van der Waals surface area contributed by atoms with Gasteiger partial charge in [-0.15, -0.1) is 0 Å². The lowest BCUT2D eigenvalue weighted by Gasteiger charge is -2.15. The molecule has 2 aromatic rings. The minimum atomic E-state index is -4.59. The van der Waals surface area contributed by atoms with E-state index in [9.17, 15) is 27.2 Å². The van der Waals surface area contributed by atoms with Crippen LogP contribution in [-0.4, -0.2) is 33.2 Å². The highest BCUT2D eigenvalue weighted by Crippen LogP contribution is 2.40. The van der Waals surface area contributed by atoms with Crippen molar-refractivity contribution in [1.82, 2.24) is 4.90 Å². The number of nitrogens with zero attached hydrogens (tertiary/aromatic N) is 2. The fraction of sp³-hybridized carbons (Fsp3) is 0.286. The molecule has 1 atom stereocenters. The molecule has 1 aliphatic heterocycles. The molecule has 1 unspecified atom stereocenters. The average Bonchev–Trinajstić information content (AvgIpc) is 3.50. The van der Waals surface area contributed by atoms with Crippen LogP contribution in [0.3, 0.4) is 0 Å². The maximum atomic E-state index is 13.1. The van der Waals surface area contributed by atoms with Gasteiger partial charge in [-0.3, -0.25) is 14.5 Å². The number of amides is 2. The van der Waals surface area contributed by atoms with Crippen molar-refractivity contribution in [3.63, 3.8) is 0 Å². The second-order valence-corrected chi connectivity index (χ2v) is 8.94. The van der Waals surface area contributed by atoms with Crippen LogP contribution in [-0.2, 0) is 15.8 Å². The summed E-state index contributed by atoms with van der Waals surface area (Å²) in [6.45, 7) is 0. The molecule has 0 radical (unpaired) electrons. The van der Waals surface area contributed by atoms with Crippen LogP contribution in [0.4, 0.5) is 28.9 Å². The Bertz CT molecular complexity index is 1090. The Morgan fingerprint density at radius 2 is 1.88 bits per heavy atom. The smallest absolute Gasteiger partial charge is 0.325 e. The van der Waals surface area contributed by atoms with Crippen LogP contribution in [0.2, 0.25) is 5.02 Å². The van der Waals surface area contributed by atoms with Gasteiger partial charge in [-0.2, -0.15) is 13.2 Å². The van der Waals surface area contributed by atoms with Gasteiger partial charge in [-0.1, -0.05) is 23.4 Å². The van der Waals surface area contributed by atoms with Gasteiger partial charge in [0.05, 0.1) is 22.0 Å². The molecule has 32 heavy (non-hydrogen) atoms. The van der Waals surface area contributed by atoms with E-state index >= 15 is 0 Å². The van der Waals surface area contributed by atoms with Gasteiger partial charge in [0.25, 0.3) is 0 Å². The number of thioether (sulfide) groups is 1. The Kier molecular flexibility index (Phi) is 6.17. The summed E-state index contributed by atoms with van der Waals surface area (Å²) in [6, 6.07) is 8.10. The lowest BCUT2D eigenvalue weighted by Crippen LogP contribution is -2.35. The van der Waals surface area contributed by atoms with Crippen LogP contribution < -0.4 is 5.32 Å². The monoisotopic (exact) mass is 485 g/mol. The van der Waals surface area contributed by atoms with Gasteiger partial charge in [0.1, 0.15) is 11.1 Å². The first-order valence-electron chi connectivity index (χ1n) is 9.62. The Morgan fingerprint density at radius 3 is 2.50 bits per heavy atom. The molecule has 11 heteroatoms. The van der Waals surface area contributed by atoms with Gasteiger partial charge < -0.3 is 5.32 Å². The van der Waals surface area contributed by atoms with Gasteiger partial charge in [-0.25, -0.2) is 9.38 Å². The largest absolute Gasteiger partial charge is 0.416 e. The molecule has 4 rings (SSSR count). The highest BCUT2D eigenvalue weighted by atomic mass is 35.5. The fourth-order valence-corrected chi connectivity index (χ4v) is 4.53. The number of rotatable bonds is 5. The minimum Gasteiger partial charge on any atom is -0.325 e. The van der Waals surface area contributed by atoms with Crippen molar-refractivity contribution in [3.8, 4) is 0 Å². The van der Waals surface area contributed by atoms with Crippen LogP contribution >= 0.6 is 23.4 Å². The van der Waals surface area contributed by atoms with Crippen molar-refractivity contribution in [2.24, 2.45) is 4.99 Å². The number of hydrogen-bond acceptors (Lipinski definition) is 4. The summed E-state index contributed by atoms with van der Waals surface area (Å²) in [6.07, 6.45) is -3.22. The van der Waals surface area contributed by atoms with E-state index in [4.69, 9.17) is 11.6 Å². The third-order valence-corrected chi connectivity index (χ3v) is 6.35. The molecule has 0 aromatic heterocycles. The zero-order valence-electron chi connectivity index (χ0n) is 16.3. The van der Waals surface area contributed by atoms with E-state index < -0.39 is 28.7 Å². The van der Waals surface area contributed by atoms with Gasteiger partial charge >= 0.3 is 6.18 Å². The lowest BCUT2D eigenvalue weighted by atomic mass is 10.2. The molecule has 2 fully saturated rings. The van der Waals surface area contributed by atoms with E-state index in [-0.39, 0.29) is 29.1 Å². The number of benzene rings is 2. The summed E-state index contributed by atoms with van der Waals surface area (Å²) in [7, 11) is 0. The SMILES string of the molecule is O=C(CC1SC(=Nc2ccc(F)cc2)N(C2CC2)C1=O)Nc1cc(C(F)(F)F)ccc1Cl. The minimum absolute atomic E-state index is 0.000158. The van der Waals surface area contributed by atoms with E-state index in [0.29, 0.717) is 10.9 Å². The van der Waals surface area contributed by atoms with Gasteiger partial charge in [0, 0.05) is 12.5 Å². The van der Waals surface area contributed by atoms with Crippen molar-refractivity contribution < 1.29 is 27.2 Å². The first-order valence-corrected chi connectivity index (χ1v) is 10.9. The second-order valence-electron chi connectivity index (χ2n) is 7.36. The Labute approximate surface area is 189 Å². The van der Waals surface area contributed by atoms with Crippen LogP contribution in [0, 0.1) is 5.82 Å². The highest BCUT2D eigenvalue weighted by molar-refractivity contribution is 8.15. The number of hydrogen-bond donors (Lipinski definition) is 1. The molecule has 2 aromatic carbocycles. The molecule has 1 aliphatic carbocycles.